The Morgan fingerprint density at radius 3 is 2.43 bits per heavy atom. The molecule has 7 nitrogen and oxygen atoms in total. The molecule has 2 amide bonds. The first-order valence-electron chi connectivity index (χ1n) is 9.84. The van der Waals surface area contributed by atoms with Crippen LogP contribution in [0.1, 0.15) is 61.7 Å². The molecule has 154 valence electrons. The van der Waals surface area contributed by atoms with Gasteiger partial charge in [0.15, 0.2) is 5.96 Å². The molecule has 0 radical (unpaired) electrons. The molecular formula is C23H25N5O2. The lowest BCUT2D eigenvalue weighted by molar-refractivity contribution is 0.0712. The summed E-state index contributed by atoms with van der Waals surface area (Å²) in [6.45, 7) is 5.14. The van der Waals surface area contributed by atoms with Crippen molar-refractivity contribution in [1.29, 1.82) is 5.26 Å². The van der Waals surface area contributed by atoms with Gasteiger partial charge in [0.25, 0.3) is 11.8 Å². The van der Waals surface area contributed by atoms with Crippen molar-refractivity contribution in [2.45, 2.75) is 32.6 Å². The fourth-order valence-electron chi connectivity index (χ4n) is 3.98. The molecule has 4 N–H and O–H groups in total. The lowest BCUT2D eigenvalue weighted by atomic mass is 9.84. The predicted octanol–water partition coefficient (Wildman–Crippen LogP) is 2.61. The molecule has 2 aromatic rings. The first kappa shape index (κ1) is 21.1. The second kappa shape index (κ2) is 8.78. The second-order valence-corrected chi connectivity index (χ2v) is 7.62. The van der Waals surface area contributed by atoms with Crippen molar-refractivity contribution in [1.82, 2.24) is 4.90 Å². The molecule has 1 heterocycles. The molecular weight excluding hydrogens is 378 g/mol. The van der Waals surface area contributed by atoms with Crippen LogP contribution in [0.25, 0.3) is 0 Å². The zero-order valence-corrected chi connectivity index (χ0v) is 17.2. The van der Waals surface area contributed by atoms with Gasteiger partial charge in [0.2, 0.25) is 0 Å². The SMILES string of the molecule is Cc1cc(C2CCN(C(=O)c3cccc(C#N)c3)CC2)c(C)cc1C(=O)N=C(N)N. The molecule has 0 unspecified atom stereocenters. The summed E-state index contributed by atoms with van der Waals surface area (Å²) in [5, 5.41) is 9.04. The summed E-state index contributed by atoms with van der Waals surface area (Å²) in [6, 6.07) is 12.7. The predicted molar refractivity (Wildman–Crippen MR) is 115 cm³/mol. The first-order chi connectivity index (χ1) is 14.3. The van der Waals surface area contributed by atoms with E-state index in [1.54, 1.807) is 24.3 Å². The Kier molecular flexibility index (Phi) is 6.17. The number of carbonyl (C=O) groups excluding carboxylic acids is 2. The van der Waals surface area contributed by atoms with Crippen LogP contribution in [-0.4, -0.2) is 35.8 Å². The molecule has 2 aromatic carbocycles. The topological polar surface area (TPSA) is 126 Å². The van der Waals surface area contributed by atoms with Gasteiger partial charge in [-0.25, -0.2) is 0 Å². The van der Waals surface area contributed by atoms with E-state index in [1.807, 2.05) is 30.9 Å². The Labute approximate surface area is 176 Å². The van der Waals surface area contributed by atoms with Gasteiger partial charge < -0.3 is 16.4 Å². The zero-order chi connectivity index (χ0) is 21.8. The number of likely N-dealkylation sites (tertiary alicyclic amines) is 1. The van der Waals surface area contributed by atoms with Gasteiger partial charge in [-0.05, 0) is 73.6 Å². The van der Waals surface area contributed by atoms with Gasteiger partial charge in [0.05, 0.1) is 11.6 Å². The summed E-state index contributed by atoms with van der Waals surface area (Å²) < 4.78 is 0. The number of amides is 2. The summed E-state index contributed by atoms with van der Waals surface area (Å²) in [4.78, 5) is 30.5. The quantitative estimate of drug-likeness (QED) is 0.602. The molecule has 1 aliphatic rings. The maximum absolute atomic E-state index is 12.8. The molecule has 0 spiro atoms. The van der Waals surface area contributed by atoms with Crippen molar-refractivity contribution < 1.29 is 9.59 Å². The number of aryl methyl sites for hydroxylation is 2. The standard InChI is InChI=1S/C23H25N5O2/c1-14-11-20(21(29)27-23(25)26)15(2)10-19(14)17-6-8-28(9-7-17)22(30)18-5-3-4-16(12-18)13-24/h3-5,10-12,17H,6-9H2,1-2H3,(H4,25,26,27,29). The minimum atomic E-state index is -0.442. The maximum Gasteiger partial charge on any atom is 0.280 e. The highest BCUT2D eigenvalue weighted by molar-refractivity contribution is 6.03. The number of aliphatic imine (C=N–C) groups is 1. The molecule has 1 saturated heterocycles. The smallest absolute Gasteiger partial charge is 0.280 e. The third kappa shape index (κ3) is 4.49. The molecule has 3 rings (SSSR count). The maximum atomic E-state index is 12.8. The summed E-state index contributed by atoms with van der Waals surface area (Å²) in [7, 11) is 0. The number of nitriles is 1. The minimum Gasteiger partial charge on any atom is -0.370 e. The number of hydrogen-bond acceptors (Lipinski definition) is 3. The zero-order valence-electron chi connectivity index (χ0n) is 17.2. The van der Waals surface area contributed by atoms with Crippen LogP contribution in [0.3, 0.4) is 0 Å². The highest BCUT2D eigenvalue weighted by atomic mass is 16.2. The molecule has 0 aromatic heterocycles. The summed E-state index contributed by atoms with van der Waals surface area (Å²) in [5.74, 6) is -0.428. The third-order valence-corrected chi connectivity index (χ3v) is 5.53. The normalized spacial score (nSPS) is 14.1. The van der Waals surface area contributed by atoms with Crippen LogP contribution in [-0.2, 0) is 0 Å². The van der Waals surface area contributed by atoms with Gasteiger partial charge in [-0.3, -0.25) is 9.59 Å². The fraction of sp³-hybridized carbons (Fsp3) is 0.304. The average Bonchev–Trinajstić information content (AvgIpc) is 2.74. The van der Waals surface area contributed by atoms with E-state index in [1.165, 1.54) is 5.56 Å². The Bertz CT molecular complexity index is 1060. The largest absolute Gasteiger partial charge is 0.370 e. The number of piperidine rings is 1. The number of benzene rings is 2. The van der Waals surface area contributed by atoms with Crippen LogP contribution >= 0.6 is 0 Å². The van der Waals surface area contributed by atoms with Gasteiger partial charge in [-0.1, -0.05) is 12.1 Å². The van der Waals surface area contributed by atoms with E-state index in [2.05, 4.69) is 11.1 Å². The van der Waals surface area contributed by atoms with Crippen LogP contribution in [0.15, 0.2) is 41.4 Å². The summed E-state index contributed by atoms with van der Waals surface area (Å²) >= 11 is 0. The van der Waals surface area contributed by atoms with E-state index >= 15 is 0 Å². The second-order valence-electron chi connectivity index (χ2n) is 7.62. The number of guanidine groups is 1. The Morgan fingerprint density at radius 1 is 1.10 bits per heavy atom. The van der Waals surface area contributed by atoms with Crippen molar-refractivity contribution in [3.8, 4) is 6.07 Å². The summed E-state index contributed by atoms with van der Waals surface area (Å²) in [6.07, 6.45) is 1.68. The van der Waals surface area contributed by atoms with Gasteiger partial charge >= 0.3 is 0 Å². The molecule has 1 aliphatic heterocycles. The van der Waals surface area contributed by atoms with Gasteiger partial charge in [-0.2, -0.15) is 10.3 Å². The van der Waals surface area contributed by atoms with E-state index in [9.17, 15) is 9.59 Å². The first-order valence-corrected chi connectivity index (χ1v) is 9.84. The minimum absolute atomic E-state index is 0.0448. The number of carbonyl (C=O) groups is 2. The monoisotopic (exact) mass is 403 g/mol. The van der Waals surface area contributed by atoms with Gasteiger partial charge in [-0.15, -0.1) is 0 Å². The lowest BCUT2D eigenvalue weighted by Crippen LogP contribution is -2.38. The van der Waals surface area contributed by atoms with E-state index in [-0.39, 0.29) is 11.9 Å². The van der Waals surface area contributed by atoms with Gasteiger partial charge in [0, 0.05) is 24.2 Å². The van der Waals surface area contributed by atoms with E-state index in [0.717, 1.165) is 24.0 Å². The van der Waals surface area contributed by atoms with Crippen LogP contribution in [0.2, 0.25) is 0 Å². The van der Waals surface area contributed by atoms with Crippen molar-refractivity contribution in [3.05, 3.63) is 69.8 Å². The van der Waals surface area contributed by atoms with Crippen LogP contribution < -0.4 is 11.5 Å². The number of rotatable bonds is 3. The highest BCUT2D eigenvalue weighted by Crippen LogP contribution is 2.32. The molecule has 0 atom stereocenters. The fourth-order valence-corrected chi connectivity index (χ4v) is 3.98. The van der Waals surface area contributed by atoms with Crippen molar-refractivity contribution in [3.63, 3.8) is 0 Å². The number of hydrogen-bond donors (Lipinski definition) is 2. The van der Waals surface area contributed by atoms with E-state index in [0.29, 0.717) is 35.7 Å². The van der Waals surface area contributed by atoms with E-state index < -0.39 is 5.91 Å². The highest BCUT2D eigenvalue weighted by Gasteiger charge is 2.26. The third-order valence-electron chi connectivity index (χ3n) is 5.53. The summed E-state index contributed by atoms with van der Waals surface area (Å²) in [5.41, 5.74) is 15.2. The van der Waals surface area contributed by atoms with Crippen LogP contribution in [0.4, 0.5) is 0 Å². The average molecular weight is 403 g/mol. The van der Waals surface area contributed by atoms with Crippen LogP contribution in [0.5, 0.6) is 0 Å². The molecule has 0 bridgehead atoms. The Hall–Kier alpha value is -3.66. The molecule has 1 fully saturated rings. The van der Waals surface area contributed by atoms with Crippen molar-refractivity contribution in [2.24, 2.45) is 16.5 Å². The van der Waals surface area contributed by atoms with Gasteiger partial charge in [0.1, 0.15) is 0 Å². The Morgan fingerprint density at radius 2 is 1.80 bits per heavy atom. The molecule has 0 aliphatic carbocycles. The molecule has 7 heteroatoms. The van der Waals surface area contributed by atoms with Crippen molar-refractivity contribution >= 4 is 17.8 Å². The molecule has 30 heavy (non-hydrogen) atoms. The molecule has 0 saturated carbocycles. The number of nitrogens with two attached hydrogens (primary N) is 2. The lowest BCUT2D eigenvalue weighted by Gasteiger charge is -2.33. The van der Waals surface area contributed by atoms with Crippen molar-refractivity contribution in [2.75, 3.05) is 13.1 Å². The van der Waals surface area contributed by atoms with E-state index in [4.69, 9.17) is 16.7 Å². The van der Waals surface area contributed by atoms with Crippen LogP contribution in [0, 0.1) is 25.2 Å². The number of nitrogens with zero attached hydrogens (tertiary/aromatic N) is 3. The Balaban J connectivity index is 1.72.